The van der Waals surface area contributed by atoms with Crippen LogP contribution in [0.4, 0.5) is 0 Å². The number of carbonyl (C=O) groups is 5. The number of ketones is 2. The number of carboxylic acids is 3. The molecule has 2 aliphatic rings. The maximum Gasteiger partial charge on any atom is 0.527 e. The first-order valence-electron chi connectivity index (χ1n) is 18.5. The van der Waals surface area contributed by atoms with Crippen molar-refractivity contribution in [2.24, 2.45) is 0 Å². The van der Waals surface area contributed by atoms with E-state index < -0.39 is 68.6 Å². The Morgan fingerprint density at radius 3 is 1.80 bits per heavy atom. The second-order valence-corrected chi connectivity index (χ2v) is 16.0. The average Bonchev–Trinajstić information content (AvgIpc) is 3.09. The third kappa shape index (κ3) is 11.7. The molecule has 1 heterocycles. The van der Waals surface area contributed by atoms with Gasteiger partial charge in [-0.3, -0.25) is 53.0 Å². The van der Waals surface area contributed by atoms with Crippen molar-refractivity contribution in [3.8, 4) is 16.9 Å². The van der Waals surface area contributed by atoms with Gasteiger partial charge in [-0.2, -0.15) is 0 Å². The van der Waals surface area contributed by atoms with E-state index in [1.54, 1.807) is 32.6 Å². The molecule has 2 aromatic carbocycles. The molecule has 17 nitrogen and oxygen atoms in total. The summed E-state index contributed by atoms with van der Waals surface area (Å²) in [6.45, 7) is 9.25. The normalized spacial score (nSPS) is 21.3. The predicted molar refractivity (Wildman–Crippen MR) is 204 cm³/mol. The standard InChI is InChI=1S/C38H53N4O13P/c1-23-17-26(4)33(27(5)18-23)28-19-25(3)30(20-24(28)2)55-56(52,53)54-16-6-7-29(38(50)51)41-12-8-39(21-31(43)44)10-14-42(34-35(47)37(49)36(34)48)15-11-40(9-13-41)22-32(45)46/h17-20,29,34-35,47H,6-16,21-22H2,1-5H3,(H,43,44)(H,45,46)(H,50,51)(H,52,53)/t29-,34?,35?/m1/s1. The zero-order valence-corrected chi connectivity index (χ0v) is 33.4. The van der Waals surface area contributed by atoms with Gasteiger partial charge in [0.15, 0.2) is 0 Å². The van der Waals surface area contributed by atoms with Crippen molar-refractivity contribution in [3.63, 3.8) is 0 Å². The number of carboxylic acid groups (broad SMARTS) is 3. The molecule has 18 heteroatoms. The number of carbonyl (C=O) groups excluding carboxylic acids is 2. The predicted octanol–water partition coefficient (Wildman–Crippen LogP) is 1.90. The van der Waals surface area contributed by atoms with Crippen molar-refractivity contribution in [2.45, 2.75) is 65.6 Å². The van der Waals surface area contributed by atoms with Crippen LogP contribution < -0.4 is 4.52 Å². The molecule has 0 aromatic heterocycles. The molecular weight excluding hydrogens is 751 g/mol. The van der Waals surface area contributed by atoms with Gasteiger partial charge in [-0.25, -0.2) is 4.57 Å². The van der Waals surface area contributed by atoms with Crippen LogP contribution in [0.1, 0.15) is 40.7 Å². The molecule has 0 bridgehead atoms. The highest BCUT2D eigenvalue weighted by atomic mass is 31.2. The quantitative estimate of drug-likeness (QED) is 0.0982. The van der Waals surface area contributed by atoms with Gasteiger partial charge in [-0.1, -0.05) is 17.7 Å². The Hall–Kier alpha value is -4.06. The highest BCUT2D eigenvalue weighted by Gasteiger charge is 2.51. The van der Waals surface area contributed by atoms with E-state index in [1.165, 1.54) is 0 Å². The number of benzene rings is 2. The SMILES string of the molecule is Cc1cc(C)c(-c2cc(C)c(OP(=O)(O)OCCC[C@H](C(=O)O)N3CCN(CC(=O)O)CCN(C4C(=O)C(=O)C4O)CCN(CC(=O)O)CC3)cc2C)c(C)c1. The van der Waals surface area contributed by atoms with Gasteiger partial charge >= 0.3 is 25.7 Å². The van der Waals surface area contributed by atoms with E-state index in [1.807, 2.05) is 33.8 Å². The number of hydrogen-bond acceptors (Lipinski definition) is 13. The minimum atomic E-state index is -4.63. The van der Waals surface area contributed by atoms with Crippen LogP contribution >= 0.6 is 7.82 Å². The lowest BCUT2D eigenvalue weighted by Gasteiger charge is -2.41. The third-order valence-electron chi connectivity index (χ3n) is 10.3. The first-order chi connectivity index (χ1) is 26.3. The molecule has 1 aliphatic heterocycles. The van der Waals surface area contributed by atoms with E-state index in [9.17, 15) is 53.9 Å². The van der Waals surface area contributed by atoms with Crippen LogP contribution in [0.3, 0.4) is 0 Å². The number of phosphoric ester groups is 1. The van der Waals surface area contributed by atoms with E-state index >= 15 is 0 Å². The molecule has 2 aromatic rings. The van der Waals surface area contributed by atoms with E-state index in [4.69, 9.17) is 9.05 Å². The van der Waals surface area contributed by atoms with Crippen molar-refractivity contribution in [2.75, 3.05) is 72.1 Å². The molecule has 4 rings (SSSR count). The van der Waals surface area contributed by atoms with Crippen molar-refractivity contribution in [1.82, 2.24) is 19.6 Å². The van der Waals surface area contributed by atoms with Crippen LogP contribution in [-0.4, -0.2) is 165 Å². The Balaban J connectivity index is 1.43. The first kappa shape index (κ1) is 44.7. The van der Waals surface area contributed by atoms with Crippen LogP contribution in [0.25, 0.3) is 11.1 Å². The first-order valence-corrected chi connectivity index (χ1v) is 20.0. The van der Waals surface area contributed by atoms with Gasteiger partial charge < -0.3 is 24.9 Å². The lowest BCUT2D eigenvalue weighted by molar-refractivity contribution is -0.161. The average molecular weight is 805 g/mol. The summed E-state index contributed by atoms with van der Waals surface area (Å²) in [5.74, 6) is -5.00. The molecule has 3 unspecified atom stereocenters. The molecule has 1 saturated carbocycles. The zero-order chi connectivity index (χ0) is 41.5. The van der Waals surface area contributed by atoms with E-state index in [-0.39, 0.29) is 77.6 Å². The van der Waals surface area contributed by atoms with Gasteiger partial charge in [0.25, 0.3) is 0 Å². The number of aliphatic hydroxyl groups excluding tert-OH is 1. The van der Waals surface area contributed by atoms with Crippen LogP contribution in [0.5, 0.6) is 5.75 Å². The van der Waals surface area contributed by atoms with Crippen LogP contribution in [0, 0.1) is 34.6 Å². The summed E-state index contributed by atoms with van der Waals surface area (Å²) in [6.07, 6.45) is -1.53. The third-order valence-corrected chi connectivity index (χ3v) is 11.2. The molecule has 4 atom stereocenters. The number of aliphatic carboxylic acids is 3. The molecule has 1 aliphatic carbocycles. The van der Waals surface area contributed by atoms with E-state index in [0.29, 0.717) is 5.56 Å². The van der Waals surface area contributed by atoms with Gasteiger partial charge in [-0.05, 0) is 93.0 Å². The monoisotopic (exact) mass is 804 g/mol. The van der Waals surface area contributed by atoms with E-state index in [2.05, 4.69) is 12.1 Å². The lowest BCUT2D eigenvalue weighted by Crippen LogP contribution is -2.66. The van der Waals surface area contributed by atoms with E-state index in [0.717, 1.165) is 33.4 Å². The van der Waals surface area contributed by atoms with Crippen molar-refractivity contribution in [1.29, 1.82) is 0 Å². The van der Waals surface area contributed by atoms with Gasteiger partial charge in [0.05, 0.1) is 19.7 Å². The van der Waals surface area contributed by atoms with Gasteiger partial charge in [-0.15, -0.1) is 0 Å². The fraction of sp³-hybridized carbons (Fsp3) is 0.553. The fourth-order valence-electron chi connectivity index (χ4n) is 7.49. The van der Waals surface area contributed by atoms with Crippen LogP contribution in [0.15, 0.2) is 24.3 Å². The Labute approximate surface area is 326 Å². The number of nitrogens with zero attached hydrogens (tertiary/aromatic N) is 4. The lowest BCUT2D eigenvalue weighted by atomic mass is 9.84. The maximum absolute atomic E-state index is 13.1. The summed E-state index contributed by atoms with van der Waals surface area (Å²) in [6, 6.07) is 5.52. The van der Waals surface area contributed by atoms with Crippen LogP contribution in [0.2, 0.25) is 0 Å². The molecule has 2 fully saturated rings. The number of Topliss-reactive ketones (excluding diaryl/α,β-unsaturated/α-hetero) is 2. The van der Waals surface area contributed by atoms with Gasteiger partial charge in [0.1, 0.15) is 23.9 Å². The molecule has 0 spiro atoms. The Morgan fingerprint density at radius 1 is 0.768 bits per heavy atom. The van der Waals surface area contributed by atoms with Gasteiger partial charge in [0, 0.05) is 52.4 Å². The minimum Gasteiger partial charge on any atom is -0.480 e. The van der Waals surface area contributed by atoms with Gasteiger partial charge in [0.2, 0.25) is 11.6 Å². The molecule has 0 amide bonds. The Bertz CT molecular complexity index is 1800. The fourth-order valence-corrected chi connectivity index (χ4v) is 8.35. The maximum atomic E-state index is 13.1. The number of hydrogen-bond donors (Lipinski definition) is 5. The Morgan fingerprint density at radius 2 is 1.30 bits per heavy atom. The van der Waals surface area contributed by atoms with Crippen LogP contribution in [-0.2, 0) is 33.1 Å². The highest BCUT2D eigenvalue weighted by molar-refractivity contribution is 7.47. The number of aliphatic hydroxyl groups is 1. The summed E-state index contributed by atoms with van der Waals surface area (Å²) in [5, 5.41) is 39.6. The summed E-state index contributed by atoms with van der Waals surface area (Å²) < 4.78 is 23.8. The topological polar surface area (TPSA) is 235 Å². The summed E-state index contributed by atoms with van der Waals surface area (Å²) in [5.41, 5.74) is 6.86. The molecule has 1 saturated heterocycles. The van der Waals surface area contributed by atoms with Crippen molar-refractivity contribution >= 4 is 37.3 Å². The van der Waals surface area contributed by atoms with Crippen molar-refractivity contribution in [3.05, 3.63) is 52.1 Å². The molecule has 308 valence electrons. The smallest absolute Gasteiger partial charge is 0.480 e. The second-order valence-electron chi connectivity index (χ2n) is 14.6. The molecular formula is C38H53N4O13P. The molecule has 0 radical (unpaired) electrons. The minimum absolute atomic E-state index is 0.0290. The molecule has 56 heavy (non-hydrogen) atoms. The molecule has 5 N–H and O–H groups in total. The number of phosphoric acid groups is 1. The second kappa shape index (κ2) is 19.4. The zero-order valence-electron chi connectivity index (χ0n) is 32.5. The van der Waals surface area contributed by atoms with Crippen molar-refractivity contribution < 1.29 is 62.9 Å². The summed E-state index contributed by atoms with van der Waals surface area (Å²) in [4.78, 5) is 77.1. The largest absolute Gasteiger partial charge is 0.527 e. The summed E-state index contributed by atoms with van der Waals surface area (Å²) >= 11 is 0. The highest BCUT2D eigenvalue weighted by Crippen LogP contribution is 2.46. The number of aryl methyl sites for hydroxylation is 5. The summed E-state index contributed by atoms with van der Waals surface area (Å²) in [7, 11) is -4.63. The number of rotatable bonds is 15. The Kier molecular flexibility index (Phi) is 15.5.